The van der Waals surface area contributed by atoms with E-state index in [1.165, 1.54) is 4.90 Å². The maximum absolute atomic E-state index is 14.0. The van der Waals surface area contributed by atoms with Crippen LogP contribution in [0.5, 0.6) is 0 Å². The Morgan fingerprint density at radius 3 is 2.24 bits per heavy atom. The second-order valence-corrected chi connectivity index (χ2v) is 11.5. The molecule has 3 aromatic rings. The van der Waals surface area contributed by atoms with Gasteiger partial charge in [-0.25, -0.2) is 8.42 Å². The number of nitrogens with zero attached hydrogens (tertiary/aromatic N) is 2. The summed E-state index contributed by atoms with van der Waals surface area (Å²) in [7, 11) is -3.80. The van der Waals surface area contributed by atoms with E-state index < -0.39 is 28.5 Å². The van der Waals surface area contributed by atoms with Crippen molar-refractivity contribution in [1.82, 2.24) is 10.2 Å². The largest absolute Gasteiger partial charge is 0.354 e. The summed E-state index contributed by atoms with van der Waals surface area (Å²) < 4.78 is 26.8. The molecule has 0 aromatic heterocycles. The summed E-state index contributed by atoms with van der Waals surface area (Å²) in [6.07, 6.45) is 2.08. The van der Waals surface area contributed by atoms with E-state index in [0.717, 1.165) is 28.1 Å². The van der Waals surface area contributed by atoms with Crippen molar-refractivity contribution in [3.8, 4) is 0 Å². The molecule has 1 atom stereocenters. The number of carbonyl (C=O) groups is 2. The van der Waals surface area contributed by atoms with Gasteiger partial charge in [-0.05, 0) is 48.2 Å². The monoisotopic (exact) mass is 555 g/mol. The fourth-order valence-corrected chi connectivity index (χ4v) is 5.31. The number of halogens is 1. The van der Waals surface area contributed by atoms with Crippen LogP contribution in [0.3, 0.4) is 0 Å². The van der Waals surface area contributed by atoms with Gasteiger partial charge >= 0.3 is 0 Å². The molecule has 0 heterocycles. The molecule has 9 heteroatoms. The molecule has 0 radical (unpaired) electrons. The molecule has 1 N–H and O–H groups in total. The molecule has 3 rings (SSSR count). The molecule has 0 unspecified atom stereocenters. The molecule has 0 bridgehead atoms. The first-order valence-corrected chi connectivity index (χ1v) is 14.7. The van der Waals surface area contributed by atoms with E-state index in [1.807, 2.05) is 43.3 Å². The van der Waals surface area contributed by atoms with Crippen LogP contribution in [-0.4, -0.2) is 50.5 Å². The maximum Gasteiger partial charge on any atom is 0.244 e. The van der Waals surface area contributed by atoms with Gasteiger partial charge in [0, 0.05) is 24.5 Å². The van der Waals surface area contributed by atoms with E-state index in [-0.39, 0.29) is 18.9 Å². The fourth-order valence-electron chi connectivity index (χ4n) is 4.19. The standard InChI is InChI=1S/C29H34ClN3O4S/c1-4-17-31-29(35)27(19-23-12-6-5-7-13-23)32(20-24-14-10-15-25(30)18-24)28(34)21-33(38(3,36)37)26-16-9-8-11-22(26)2/h5-16,18,27H,4,17,19-21H2,1-3H3,(H,31,35)/t27-/m1/s1. The first kappa shape index (κ1) is 29.2. The number of anilines is 1. The normalized spacial score (nSPS) is 12.0. The number of rotatable bonds is 12. The summed E-state index contributed by atoms with van der Waals surface area (Å²) in [5.41, 5.74) is 2.75. The number of amides is 2. The maximum atomic E-state index is 14.0. The molecule has 0 saturated carbocycles. The lowest BCUT2D eigenvalue weighted by atomic mass is 10.0. The number of benzene rings is 3. The van der Waals surface area contributed by atoms with E-state index >= 15 is 0 Å². The van der Waals surface area contributed by atoms with Crippen molar-refractivity contribution < 1.29 is 18.0 Å². The van der Waals surface area contributed by atoms with Crippen molar-refractivity contribution in [3.05, 3.63) is 101 Å². The van der Waals surface area contributed by atoms with Gasteiger partial charge in [0.05, 0.1) is 11.9 Å². The van der Waals surface area contributed by atoms with E-state index in [4.69, 9.17) is 11.6 Å². The number of hydrogen-bond donors (Lipinski definition) is 1. The molecule has 0 aliphatic heterocycles. The van der Waals surface area contributed by atoms with Gasteiger partial charge in [-0.1, -0.05) is 79.2 Å². The highest BCUT2D eigenvalue weighted by Gasteiger charge is 2.33. The minimum Gasteiger partial charge on any atom is -0.354 e. The molecule has 7 nitrogen and oxygen atoms in total. The number of para-hydroxylation sites is 1. The van der Waals surface area contributed by atoms with Crippen LogP contribution in [-0.2, 0) is 32.6 Å². The van der Waals surface area contributed by atoms with Gasteiger partial charge in [-0.3, -0.25) is 13.9 Å². The van der Waals surface area contributed by atoms with Crippen molar-refractivity contribution in [1.29, 1.82) is 0 Å². The highest BCUT2D eigenvalue weighted by Crippen LogP contribution is 2.24. The highest BCUT2D eigenvalue weighted by molar-refractivity contribution is 7.92. The Morgan fingerprint density at radius 2 is 1.61 bits per heavy atom. The van der Waals surface area contributed by atoms with Gasteiger partial charge < -0.3 is 10.2 Å². The van der Waals surface area contributed by atoms with E-state index in [2.05, 4.69) is 5.32 Å². The average Bonchev–Trinajstić information content (AvgIpc) is 2.88. The molecule has 0 fully saturated rings. The van der Waals surface area contributed by atoms with Gasteiger partial charge in [0.2, 0.25) is 21.8 Å². The van der Waals surface area contributed by atoms with Crippen LogP contribution in [0.25, 0.3) is 0 Å². The fraction of sp³-hybridized carbons (Fsp3) is 0.310. The number of carbonyl (C=O) groups excluding carboxylic acids is 2. The molecule has 0 saturated heterocycles. The number of sulfonamides is 1. The zero-order chi connectivity index (χ0) is 27.7. The number of nitrogens with one attached hydrogen (secondary N) is 1. The lowest BCUT2D eigenvalue weighted by Crippen LogP contribution is -2.53. The Hall–Kier alpha value is -3.36. The molecular weight excluding hydrogens is 522 g/mol. The molecule has 38 heavy (non-hydrogen) atoms. The molecule has 2 amide bonds. The smallest absolute Gasteiger partial charge is 0.244 e. The summed E-state index contributed by atoms with van der Waals surface area (Å²) in [6.45, 7) is 3.84. The summed E-state index contributed by atoms with van der Waals surface area (Å²) in [5, 5.41) is 3.42. The predicted molar refractivity (Wildman–Crippen MR) is 153 cm³/mol. The molecule has 202 valence electrons. The SMILES string of the molecule is CCCNC(=O)[C@@H](Cc1ccccc1)N(Cc1cccc(Cl)c1)C(=O)CN(c1ccccc1C)S(C)(=O)=O. The molecule has 3 aromatic carbocycles. The van der Waals surface area contributed by atoms with Crippen molar-refractivity contribution in [2.45, 2.75) is 39.3 Å². The first-order chi connectivity index (χ1) is 18.1. The van der Waals surface area contributed by atoms with Crippen LogP contribution < -0.4 is 9.62 Å². The number of hydrogen-bond acceptors (Lipinski definition) is 4. The van der Waals surface area contributed by atoms with Crippen LogP contribution in [0.2, 0.25) is 5.02 Å². The molecule has 0 aliphatic rings. The lowest BCUT2D eigenvalue weighted by molar-refractivity contribution is -0.140. The summed E-state index contributed by atoms with van der Waals surface area (Å²) >= 11 is 6.22. The van der Waals surface area contributed by atoms with Crippen LogP contribution in [0.4, 0.5) is 5.69 Å². The Bertz CT molecular complexity index is 1350. The Balaban J connectivity index is 2.05. The van der Waals surface area contributed by atoms with Gasteiger partial charge in [0.1, 0.15) is 12.6 Å². The topological polar surface area (TPSA) is 86.8 Å². The van der Waals surface area contributed by atoms with Crippen molar-refractivity contribution >= 4 is 39.1 Å². The summed E-state index contributed by atoms with van der Waals surface area (Å²) in [4.78, 5) is 28.9. The Labute approximate surface area is 230 Å². The van der Waals surface area contributed by atoms with Crippen molar-refractivity contribution in [2.24, 2.45) is 0 Å². The Kier molecular flexibility index (Phi) is 10.3. The minimum absolute atomic E-state index is 0.0851. The van der Waals surface area contributed by atoms with Crippen LogP contribution in [0, 0.1) is 6.92 Å². The Morgan fingerprint density at radius 1 is 0.947 bits per heavy atom. The van der Waals surface area contributed by atoms with Crippen LogP contribution in [0.15, 0.2) is 78.9 Å². The predicted octanol–water partition coefficient (Wildman–Crippen LogP) is 4.58. The van der Waals surface area contributed by atoms with Crippen LogP contribution in [0.1, 0.15) is 30.0 Å². The average molecular weight is 556 g/mol. The van der Waals surface area contributed by atoms with E-state index in [0.29, 0.717) is 22.8 Å². The van der Waals surface area contributed by atoms with Crippen molar-refractivity contribution in [3.63, 3.8) is 0 Å². The summed E-state index contributed by atoms with van der Waals surface area (Å²) in [6, 6.07) is 22.6. The van der Waals surface area contributed by atoms with Gasteiger partial charge in [0.15, 0.2) is 0 Å². The zero-order valence-electron chi connectivity index (χ0n) is 21.9. The molecular formula is C29H34ClN3O4S. The molecule has 0 spiro atoms. The van der Waals surface area contributed by atoms with Crippen LogP contribution >= 0.6 is 11.6 Å². The summed E-state index contributed by atoms with van der Waals surface area (Å²) in [5.74, 6) is -0.792. The van der Waals surface area contributed by atoms with E-state index in [9.17, 15) is 18.0 Å². The third kappa shape index (κ3) is 8.07. The zero-order valence-corrected chi connectivity index (χ0v) is 23.5. The third-order valence-electron chi connectivity index (χ3n) is 6.13. The first-order valence-electron chi connectivity index (χ1n) is 12.5. The van der Waals surface area contributed by atoms with Gasteiger partial charge in [-0.2, -0.15) is 0 Å². The van der Waals surface area contributed by atoms with Crippen molar-refractivity contribution in [2.75, 3.05) is 23.7 Å². The van der Waals surface area contributed by atoms with Gasteiger partial charge in [-0.15, -0.1) is 0 Å². The van der Waals surface area contributed by atoms with Gasteiger partial charge in [0.25, 0.3) is 0 Å². The third-order valence-corrected chi connectivity index (χ3v) is 7.49. The second-order valence-electron chi connectivity index (χ2n) is 9.20. The molecule has 0 aliphatic carbocycles. The number of aryl methyl sites for hydroxylation is 1. The second kappa shape index (κ2) is 13.4. The minimum atomic E-state index is -3.80. The van der Waals surface area contributed by atoms with E-state index in [1.54, 1.807) is 49.4 Å². The quantitative estimate of drug-likeness (QED) is 0.354. The lowest BCUT2D eigenvalue weighted by Gasteiger charge is -2.33. The highest BCUT2D eigenvalue weighted by atomic mass is 35.5.